The van der Waals surface area contributed by atoms with Crippen LogP contribution < -0.4 is 33.2 Å². The molecule has 0 aromatic heterocycles. The Labute approximate surface area is 174 Å². The average Bonchev–Trinajstić information content (AvgIpc) is 2.66. The van der Waals surface area contributed by atoms with Crippen molar-refractivity contribution in [3.8, 4) is 0 Å². The number of carbonyl (C=O) groups excluding carboxylic acids is 2. The van der Waals surface area contributed by atoms with Gasteiger partial charge in [-0.25, -0.2) is 0 Å². The molecular weight excluding hydrogens is 374 g/mol. The van der Waals surface area contributed by atoms with Crippen LogP contribution in [0, 0.1) is 0 Å². The van der Waals surface area contributed by atoms with Crippen LogP contribution in [0.1, 0.15) is 51.9 Å². The first kappa shape index (κ1) is 27.1. The van der Waals surface area contributed by atoms with E-state index in [0.717, 1.165) is 58.0 Å². The first-order valence-corrected chi connectivity index (χ1v) is 10.5. The van der Waals surface area contributed by atoms with Crippen LogP contribution in [0.25, 0.3) is 0 Å². The molecule has 0 aromatic carbocycles. The van der Waals surface area contributed by atoms with Gasteiger partial charge in [0.05, 0.1) is 0 Å². The molecule has 170 valence electrons. The minimum Gasteiger partial charge on any atom is -0.370 e. The maximum Gasteiger partial charge on any atom is 0.258 e. The lowest BCUT2D eigenvalue weighted by atomic mass is 10.2. The highest BCUT2D eigenvalue weighted by Gasteiger charge is 2.25. The second-order valence-electron chi connectivity index (χ2n) is 7.14. The molecule has 10 nitrogen and oxygen atoms in total. The van der Waals surface area contributed by atoms with E-state index in [4.69, 9.17) is 21.9 Å². The van der Waals surface area contributed by atoms with Crippen LogP contribution in [-0.2, 0) is 14.3 Å². The van der Waals surface area contributed by atoms with Gasteiger partial charge >= 0.3 is 0 Å². The van der Waals surface area contributed by atoms with Gasteiger partial charge in [-0.2, -0.15) is 0 Å². The molecule has 29 heavy (non-hydrogen) atoms. The van der Waals surface area contributed by atoms with Gasteiger partial charge in [-0.15, -0.1) is 0 Å². The van der Waals surface area contributed by atoms with Gasteiger partial charge in [0.25, 0.3) is 11.8 Å². The van der Waals surface area contributed by atoms with Crippen molar-refractivity contribution in [1.29, 1.82) is 0 Å². The molecule has 9 N–H and O–H groups in total. The number of nitrogens with zero attached hydrogens (tertiary/aromatic N) is 1. The Kier molecular flexibility index (Phi) is 16.9. The van der Waals surface area contributed by atoms with E-state index in [-0.39, 0.29) is 12.0 Å². The zero-order valence-electron chi connectivity index (χ0n) is 18.0. The van der Waals surface area contributed by atoms with Crippen molar-refractivity contribution in [2.75, 3.05) is 39.8 Å². The third-order valence-electron chi connectivity index (χ3n) is 4.25. The maximum atomic E-state index is 12.1. The molecule has 0 aliphatic heterocycles. The van der Waals surface area contributed by atoms with Gasteiger partial charge in [0.2, 0.25) is 6.10 Å². The van der Waals surface area contributed by atoms with Crippen LogP contribution in [0.15, 0.2) is 4.99 Å². The van der Waals surface area contributed by atoms with E-state index < -0.39 is 17.9 Å². The number of nitrogens with one attached hydrogen (secondary N) is 3. The zero-order valence-corrected chi connectivity index (χ0v) is 18.0. The largest absolute Gasteiger partial charge is 0.370 e. The molecule has 2 amide bonds. The summed E-state index contributed by atoms with van der Waals surface area (Å²) in [4.78, 5) is 28.2. The third kappa shape index (κ3) is 16.7. The van der Waals surface area contributed by atoms with Gasteiger partial charge in [0.1, 0.15) is 0 Å². The number of unbranched alkanes of at least 4 members (excludes halogenated alkanes) is 4. The molecule has 0 saturated heterocycles. The summed E-state index contributed by atoms with van der Waals surface area (Å²) in [6, 6.07) is 0.204. The highest BCUT2D eigenvalue weighted by atomic mass is 16.5. The van der Waals surface area contributed by atoms with E-state index in [1.807, 2.05) is 6.92 Å². The lowest BCUT2D eigenvalue weighted by molar-refractivity contribution is -0.143. The lowest BCUT2D eigenvalue weighted by Crippen LogP contribution is -2.47. The second-order valence-corrected chi connectivity index (χ2v) is 7.14. The Morgan fingerprint density at radius 1 is 0.897 bits per heavy atom. The van der Waals surface area contributed by atoms with Crippen molar-refractivity contribution in [3.63, 3.8) is 0 Å². The van der Waals surface area contributed by atoms with E-state index in [9.17, 15) is 9.59 Å². The van der Waals surface area contributed by atoms with Crippen molar-refractivity contribution in [1.82, 2.24) is 16.0 Å². The Hall–Kier alpha value is -1.91. The van der Waals surface area contributed by atoms with Crippen molar-refractivity contribution >= 4 is 17.8 Å². The predicted octanol–water partition coefficient (Wildman–Crippen LogP) is -0.825. The molecule has 0 heterocycles. The number of guanidine groups is 1. The molecule has 2 unspecified atom stereocenters. The number of ether oxygens (including phenoxy) is 1. The highest BCUT2D eigenvalue weighted by molar-refractivity contribution is 6.03. The Bertz CT molecular complexity index is 469. The zero-order chi connectivity index (χ0) is 21.9. The SMILES string of the molecule is COC(C(=O)NCCCCCCN=C(N)N)C(=O)NCCCCNCCC(C)N. The minimum atomic E-state index is -1.12. The van der Waals surface area contributed by atoms with Crippen molar-refractivity contribution in [2.45, 2.75) is 64.0 Å². The van der Waals surface area contributed by atoms with Crippen LogP contribution >= 0.6 is 0 Å². The number of nitrogens with two attached hydrogens (primary N) is 3. The topological polar surface area (TPSA) is 170 Å². The fourth-order valence-corrected chi connectivity index (χ4v) is 2.57. The van der Waals surface area contributed by atoms with Crippen molar-refractivity contribution < 1.29 is 14.3 Å². The third-order valence-corrected chi connectivity index (χ3v) is 4.25. The first-order valence-electron chi connectivity index (χ1n) is 10.5. The van der Waals surface area contributed by atoms with Gasteiger partial charge in [0.15, 0.2) is 5.96 Å². The molecule has 0 aliphatic rings. The van der Waals surface area contributed by atoms with Crippen LogP contribution in [-0.4, -0.2) is 69.8 Å². The molecule has 2 atom stereocenters. The number of methoxy groups -OCH3 is 1. The Balaban J connectivity index is 3.77. The Morgan fingerprint density at radius 3 is 2.00 bits per heavy atom. The molecule has 0 aliphatic carbocycles. The molecule has 0 saturated carbocycles. The number of carbonyl (C=O) groups is 2. The standard InChI is InChI=1S/C19H41N7O3/c1-15(20)9-14-23-10-7-8-12-25-18(28)16(29-2)17(27)24-11-5-3-4-6-13-26-19(21)22/h15-16,23H,3-14,20H2,1-2H3,(H,24,27)(H,25,28)(H4,21,22,26). The van der Waals surface area contributed by atoms with Crippen LogP contribution in [0.4, 0.5) is 0 Å². The summed E-state index contributed by atoms with van der Waals surface area (Å²) in [7, 11) is 1.36. The summed E-state index contributed by atoms with van der Waals surface area (Å²) in [6.45, 7) is 5.38. The summed E-state index contributed by atoms with van der Waals surface area (Å²) >= 11 is 0. The van der Waals surface area contributed by atoms with E-state index in [1.54, 1.807) is 0 Å². The summed E-state index contributed by atoms with van der Waals surface area (Å²) in [5.41, 5.74) is 16.2. The van der Waals surface area contributed by atoms with E-state index in [0.29, 0.717) is 19.6 Å². The summed E-state index contributed by atoms with van der Waals surface area (Å²) in [6.07, 6.45) is 5.23. The lowest BCUT2D eigenvalue weighted by Gasteiger charge is -2.15. The second kappa shape index (κ2) is 18.1. The van der Waals surface area contributed by atoms with Gasteiger partial charge in [0, 0.05) is 32.8 Å². The van der Waals surface area contributed by atoms with E-state index >= 15 is 0 Å². The van der Waals surface area contributed by atoms with Gasteiger partial charge in [-0.05, 0) is 52.1 Å². The number of amides is 2. The fourth-order valence-electron chi connectivity index (χ4n) is 2.57. The normalized spacial score (nSPS) is 12.8. The molecule has 0 fully saturated rings. The van der Waals surface area contributed by atoms with E-state index in [2.05, 4.69) is 20.9 Å². The van der Waals surface area contributed by atoms with Gasteiger partial charge < -0.3 is 37.9 Å². The maximum absolute atomic E-state index is 12.1. The molecule has 10 heteroatoms. The molecule has 0 spiro atoms. The summed E-state index contributed by atoms with van der Waals surface area (Å²) < 4.78 is 5.05. The summed E-state index contributed by atoms with van der Waals surface area (Å²) in [5, 5.41) is 8.80. The molecule has 0 aromatic rings. The average molecular weight is 416 g/mol. The first-order chi connectivity index (χ1) is 13.9. The number of rotatable bonds is 18. The Morgan fingerprint density at radius 2 is 1.45 bits per heavy atom. The van der Waals surface area contributed by atoms with Gasteiger partial charge in [-0.3, -0.25) is 14.6 Å². The molecule has 0 rings (SSSR count). The van der Waals surface area contributed by atoms with Crippen LogP contribution in [0.5, 0.6) is 0 Å². The number of hydrogen-bond donors (Lipinski definition) is 6. The highest BCUT2D eigenvalue weighted by Crippen LogP contribution is 2.00. The quantitative estimate of drug-likeness (QED) is 0.0734. The van der Waals surface area contributed by atoms with Crippen LogP contribution in [0.2, 0.25) is 0 Å². The fraction of sp³-hybridized carbons (Fsp3) is 0.842. The van der Waals surface area contributed by atoms with Crippen molar-refractivity contribution in [3.05, 3.63) is 0 Å². The molecule has 0 radical (unpaired) electrons. The number of aliphatic imine (C=N–C) groups is 1. The minimum absolute atomic E-state index is 0.106. The monoisotopic (exact) mass is 415 g/mol. The number of hydrogen-bond acceptors (Lipinski definition) is 6. The predicted molar refractivity (Wildman–Crippen MR) is 116 cm³/mol. The smallest absolute Gasteiger partial charge is 0.258 e. The van der Waals surface area contributed by atoms with E-state index in [1.165, 1.54) is 7.11 Å². The van der Waals surface area contributed by atoms with Crippen LogP contribution in [0.3, 0.4) is 0 Å². The molecule has 0 bridgehead atoms. The molecular formula is C19H41N7O3. The summed E-state index contributed by atoms with van der Waals surface area (Å²) in [5.74, 6) is -0.717. The van der Waals surface area contributed by atoms with Crippen molar-refractivity contribution in [2.24, 2.45) is 22.2 Å². The van der Waals surface area contributed by atoms with Gasteiger partial charge in [-0.1, -0.05) is 12.8 Å².